The van der Waals surface area contributed by atoms with Crippen LogP contribution in [0.1, 0.15) is 23.2 Å². The molecule has 1 fully saturated rings. The van der Waals surface area contributed by atoms with Crippen LogP contribution in [0.25, 0.3) is 5.69 Å². The van der Waals surface area contributed by atoms with Crippen LogP contribution in [0.4, 0.5) is 0 Å². The Morgan fingerprint density at radius 3 is 2.86 bits per heavy atom. The van der Waals surface area contributed by atoms with Crippen molar-refractivity contribution >= 4 is 29.9 Å². The minimum Gasteiger partial charge on any atom is -0.350 e. The Balaban J connectivity index is 0.00000176. The van der Waals surface area contributed by atoms with E-state index in [1.165, 1.54) is 6.42 Å². The van der Waals surface area contributed by atoms with Gasteiger partial charge in [0.2, 0.25) is 0 Å². The monoisotopic (exact) mass is 340 g/mol. The van der Waals surface area contributed by atoms with Crippen LogP contribution < -0.4 is 10.6 Å². The van der Waals surface area contributed by atoms with Gasteiger partial charge in [0, 0.05) is 23.8 Å². The molecule has 2 aromatic rings. The van der Waals surface area contributed by atoms with Gasteiger partial charge in [-0.2, -0.15) is 5.10 Å². The number of nitrogens with one attached hydrogen (secondary N) is 2. The van der Waals surface area contributed by atoms with Crippen LogP contribution in [0.5, 0.6) is 0 Å². The van der Waals surface area contributed by atoms with Crippen molar-refractivity contribution in [1.82, 2.24) is 20.4 Å². The number of aromatic nitrogens is 2. The van der Waals surface area contributed by atoms with Crippen LogP contribution in [-0.2, 0) is 0 Å². The van der Waals surface area contributed by atoms with Gasteiger partial charge in [-0.15, -0.1) is 12.4 Å². The van der Waals surface area contributed by atoms with Crippen molar-refractivity contribution in [3.63, 3.8) is 0 Å². The second kappa shape index (κ2) is 7.63. The van der Waals surface area contributed by atoms with Crippen LogP contribution in [0.2, 0.25) is 5.02 Å². The maximum atomic E-state index is 12.1. The van der Waals surface area contributed by atoms with E-state index >= 15 is 0 Å². The highest BCUT2D eigenvalue weighted by molar-refractivity contribution is 6.30. The summed E-state index contributed by atoms with van der Waals surface area (Å²) in [4.78, 5) is 12.1. The van der Waals surface area contributed by atoms with E-state index in [-0.39, 0.29) is 18.3 Å². The Labute approximate surface area is 140 Å². The summed E-state index contributed by atoms with van der Waals surface area (Å²) in [5.41, 5.74) is 1.43. The number of carbonyl (C=O) groups is 1. The van der Waals surface area contributed by atoms with Crippen molar-refractivity contribution < 1.29 is 4.79 Å². The number of rotatable bonds is 4. The van der Waals surface area contributed by atoms with Crippen molar-refractivity contribution in [1.29, 1.82) is 0 Å². The molecule has 0 radical (unpaired) electrons. The summed E-state index contributed by atoms with van der Waals surface area (Å²) in [6, 6.07) is 7.70. The number of amides is 1. The molecule has 2 N–H and O–H groups in total. The van der Waals surface area contributed by atoms with Crippen molar-refractivity contribution in [3.8, 4) is 5.69 Å². The highest BCUT2D eigenvalue weighted by Gasteiger charge is 2.16. The van der Waals surface area contributed by atoms with Crippen molar-refractivity contribution in [2.24, 2.45) is 0 Å². The molecule has 1 saturated heterocycles. The Morgan fingerprint density at radius 1 is 1.41 bits per heavy atom. The smallest absolute Gasteiger partial charge is 0.254 e. The average Bonchev–Trinajstić information content (AvgIpc) is 3.17. The number of benzene rings is 1. The van der Waals surface area contributed by atoms with Crippen molar-refractivity contribution in [2.75, 3.05) is 13.1 Å². The van der Waals surface area contributed by atoms with Crippen LogP contribution in [0.15, 0.2) is 36.7 Å². The molecule has 0 saturated carbocycles. The molecular weight excluding hydrogens is 323 g/mol. The molecule has 0 aliphatic carbocycles. The van der Waals surface area contributed by atoms with E-state index in [9.17, 15) is 4.79 Å². The zero-order valence-corrected chi connectivity index (χ0v) is 13.5. The van der Waals surface area contributed by atoms with Gasteiger partial charge in [-0.05, 0) is 43.7 Å². The Morgan fingerprint density at radius 2 is 2.18 bits per heavy atom. The first-order valence-electron chi connectivity index (χ1n) is 7.04. The second-order valence-electron chi connectivity index (χ2n) is 5.15. The van der Waals surface area contributed by atoms with E-state index in [2.05, 4.69) is 15.7 Å². The number of halogens is 2. The maximum Gasteiger partial charge on any atom is 0.254 e. The van der Waals surface area contributed by atoms with E-state index < -0.39 is 0 Å². The molecule has 118 valence electrons. The third kappa shape index (κ3) is 4.00. The first-order chi connectivity index (χ1) is 10.2. The first-order valence-corrected chi connectivity index (χ1v) is 7.42. The van der Waals surface area contributed by atoms with E-state index in [1.807, 2.05) is 12.1 Å². The molecule has 1 aliphatic rings. The topological polar surface area (TPSA) is 59.0 Å². The van der Waals surface area contributed by atoms with Crippen LogP contribution in [-0.4, -0.2) is 34.8 Å². The molecule has 1 aliphatic heterocycles. The zero-order chi connectivity index (χ0) is 14.7. The lowest BCUT2D eigenvalue weighted by atomic mass is 10.2. The minimum atomic E-state index is -0.0936. The van der Waals surface area contributed by atoms with Gasteiger partial charge in [0.1, 0.15) is 0 Å². The summed E-state index contributed by atoms with van der Waals surface area (Å²) >= 11 is 5.86. The van der Waals surface area contributed by atoms with Crippen LogP contribution in [0, 0.1) is 0 Å². The summed E-state index contributed by atoms with van der Waals surface area (Å²) in [5.74, 6) is -0.0936. The quantitative estimate of drug-likeness (QED) is 0.898. The summed E-state index contributed by atoms with van der Waals surface area (Å²) in [5, 5.41) is 11.2. The average molecular weight is 341 g/mol. The van der Waals surface area contributed by atoms with Gasteiger partial charge in [-0.1, -0.05) is 11.6 Å². The third-order valence-electron chi connectivity index (χ3n) is 3.61. The van der Waals surface area contributed by atoms with Gasteiger partial charge in [-0.25, -0.2) is 4.68 Å². The number of nitrogens with zero attached hydrogens (tertiary/aromatic N) is 2. The van der Waals surface area contributed by atoms with Gasteiger partial charge in [-0.3, -0.25) is 4.79 Å². The highest BCUT2D eigenvalue weighted by Crippen LogP contribution is 2.13. The number of hydrogen-bond acceptors (Lipinski definition) is 3. The van der Waals surface area contributed by atoms with Gasteiger partial charge in [0.15, 0.2) is 0 Å². The predicted molar refractivity (Wildman–Crippen MR) is 89.2 cm³/mol. The summed E-state index contributed by atoms with van der Waals surface area (Å²) < 4.78 is 1.67. The molecule has 0 spiro atoms. The lowest BCUT2D eigenvalue weighted by Gasteiger charge is -2.10. The van der Waals surface area contributed by atoms with Crippen LogP contribution in [0.3, 0.4) is 0 Å². The molecule has 1 atom stereocenters. The van der Waals surface area contributed by atoms with Crippen molar-refractivity contribution in [3.05, 3.63) is 47.2 Å². The fourth-order valence-corrected chi connectivity index (χ4v) is 2.55. The first kappa shape index (κ1) is 16.8. The molecule has 2 heterocycles. The van der Waals surface area contributed by atoms with E-state index in [4.69, 9.17) is 11.6 Å². The van der Waals surface area contributed by atoms with E-state index in [0.29, 0.717) is 23.2 Å². The fourth-order valence-electron chi connectivity index (χ4n) is 2.42. The van der Waals surface area contributed by atoms with Crippen molar-refractivity contribution in [2.45, 2.75) is 18.9 Å². The molecular formula is C15H18Cl2N4O. The standard InChI is InChI=1S/C15H17ClN4O.ClH/c16-12-3-5-14(6-4-12)20-10-11(8-19-20)15(21)18-9-13-2-1-7-17-13;/h3-6,8,10,13,17H,1-2,7,9H2,(H,18,21);1H. The molecule has 5 nitrogen and oxygen atoms in total. The fraction of sp³-hybridized carbons (Fsp3) is 0.333. The Kier molecular flexibility index (Phi) is 5.83. The molecule has 3 rings (SSSR count). The van der Waals surface area contributed by atoms with Gasteiger partial charge in [0.05, 0.1) is 17.4 Å². The van der Waals surface area contributed by atoms with Gasteiger partial charge in [0.25, 0.3) is 5.91 Å². The SMILES string of the molecule is Cl.O=C(NCC1CCCN1)c1cnn(-c2ccc(Cl)cc2)c1. The predicted octanol–water partition coefficient (Wildman–Crippen LogP) is 2.43. The Bertz CT molecular complexity index is 621. The lowest BCUT2D eigenvalue weighted by molar-refractivity contribution is 0.0950. The summed E-state index contributed by atoms with van der Waals surface area (Å²) in [6.07, 6.45) is 5.59. The molecule has 1 aromatic heterocycles. The second-order valence-corrected chi connectivity index (χ2v) is 5.59. The summed E-state index contributed by atoms with van der Waals surface area (Å²) in [6.45, 7) is 1.69. The molecule has 0 bridgehead atoms. The summed E-state index contributed by atoms with van der Waals surface area (Å²) in [7, 11) is 0. The minimum absolute atomic E-state index is 0. The molecule has 22 heavy (non-hydrogen) atoms. The third-order valence-corrected chi connectivity index (χ3v) is 3.86. The zero-order valence-electron chi connectivity index (χ0n) is 12.0. The molecule has 1 aromatic carbocycles. The maximum absolute atomic E-state index is 12.1. The molecule has 1 amide bonds. The van der Waals surface area contributed by atoms with Gasteiger partial charge >= 0.3 is 0 Å². The molecule has 7 heteroatoms. The van der Waals surface area contributed by atoms with Crippen LogP contribution >= 0.6 is 24.0 Å². The normalized spacial score (nSPS) is 17.0. The lowest BCUT2D eigenvalue weighted by Crippen LogP contribution is -2.37. The molecule has 1 unspecified atom stereocenters. The van der Waals surface area contributed by atoms with E-state index in [0.717, 1.165) is 18.7 Å². The largest absolute Gasteiger partial charge is 0.350 e. The Hall–Kier alpha value is -1.56. The van der Waals surface area contributed by atoms with E-state index in [1.54, 1.807) is 29.2 Å². The number of carbonyl (C=O) groups excluding carboxylic acids is 1. The number of hydrogen-bond donors (Lipinski definition) is 2. The van der Waals surface area contributed by atoms with Gasteiger partial charge < -0.3 is 10.6 Å². The highest BCUT2D eigenvalue weighted by atomic mass is 35.5.